The summed E-state index contributed by atoms with van der Waals surface area (Å²) < 4.78 is 26.7. The van der Waals surface area contributed by atoms with Crippen LogP contribution in [0.25, 0.3) is 0 Å². The lowest BCUT2D eigenvalue weighted by Crippen LogP contribution is -2.26. The molecule has 7 heteroatoms. The second-order valence-electron chi connectivity index (χ2n) is 7.95. The number of hydrogen-bond donors (Lipinski definition) is 1. The van der Waals surface area contributed by atoms with E-state index in [1.807, 2.05) is 24.3 Å². The van der Waals surface area contributed by atoms with E-state index in [1.54, 1.807) is 54.6 Å². The molecule has 6 nitrogen and oxygen atoms in total. The van der Waals surface area contributed by atoms with Crippen molar-refractivity contribution in [2.75, 3.05) is 16.7 Å². The molecule has 1 amide bonds. The summed E-state index contributed by atoms with van der Waals surface area (Å²) in [5.41, 5.74) is 2.61. The molecule has 1 N–H and O–H groups in total. The molecule has 0 aliphatic heterocycles. The third-order valence-electron chi connectivity index (χ3n) is 5.75. The first-order chi connectivity index (χ1) is 15.3. The number of benzene rings is 3. The normalized spacial score (nSPS) is 14.2. The molecule has 0 unspecified atom stereocenters. The standard InChI is InChI=1S/C25H23N3O3S/c1-28(32(30,31)23-5-3-2-4-6-23)22-13-7-19(8-14-22)17-24(29)27-21-11-9-20(10-12-21)25(18-26)15-16-25/h2-14H,15-17H2,1H3,(H,27,29). The molecule has 162 valence electrons. The van der Waals surface area contributed by atoms with Crippen molar-refractivity contribution >= 4 is 27.3 Å². The number of nitrogens with one attached hydrogen (secondary N) is 1. The molecular formula is C25H23N3O3S. The highest BCUT2D eigenvalue weighted by molar-refractivity contribution is 7.92. The van der Waals surface area contributed by atoms with Crippen molar-refractivity contribution in [2.45, 2.75) is 29.6 Å². The Balaban J connectivity index is 1.38. The summed E-state index contributed by atoms with van der Waals surface area (Å²) in [5.74, 6) is -0.169. The number of nitriles is 1. The molecular weight excluding hydrogens is 422 g/mol. The quantitative estimate of drug-likeness (QED) is 0.589. The van der Waals surface area contributed by atoms with Crippen molar-refractivity contribution < 1.29 is 13.2 Å². The Kier molecular flexibility index (Phi) is 5.72. The Morgan fingerprint density at radius 2 is 1.62 bits per heavy atom. The van der Waals surface area contributed by atoms with E-state index in [0.717, 1.165) is 24.0 Å². The topological polar surface area (TPSA) is 90.3 Å². The van der Waals surface area contributed by atoms with Crippen LogP contribution in [-0.4, -0.2) is 21.4 Å². The fourth-order valence-electron chi connectivity index (χ4n) is 3.57. The number of carbonyl (C=O) groups is 1. The fraction of sp³-hybridized carbons (Fsp3) is 0.200. The molecule has 32 heavy (non-hydrogen) atoms. The van der Waals surface area contributed by atoms with Gasteiger partial charge in [-0.05, 0) is 60.4 Å². The molecule has 0 bridgehead atoms. The number of hydrogen-bond acceptors (Lipinski definition) is 4. The second-order valence-corrected chi connectivity index (χ2v) is 9.92. The average Bonchev–Trinajstić information content (AvgIpc) is 3.61. The summed E-state index contributed by atoms with van der Waals surface area (Å²) in [6.45, 7) is 0. The van der Waals surface area contributed by atoms with Gasteiger partial charge >= 0.3 is 0 Å². The largest absolute Gasteiger partial charge is 0.326 e. The van der Waals surface area contributed by atoms with Crippen LogP contribution in [0.4, 0.5) is 11.4 Å². The van der Waals surface area contributed by atoms with Gasteiger partial charge in [0.15, 0.2) is 0 Å². The minimum Gasteiger partial charge on any atom is -0.326 e. The zero-order valence-electron chi connectivity index (χ0n) is 17.7. The Hall–Kier alpha value is -3.63. The number of sulfonamides is 1. The maximum absolute atomic E-state index is 12.8. The molecule has 1 aliphatic carbocycles. The Labute approximate surface area is 188 Å². The first-order valence-electron chi connectivity index (χ1n) is 10.3. The minimum absolute atomic E-state index is 0.166. The van der Waals surface area contributed by atoms with Crippen molar-refractivity contribution in [2.24, 2.45) is 0 Å². The van der Waals surface area contributed by atoms with E-state index in [9.17, 15) is 18.5 Å². The lowest BCUT2D eigenvalue weighted by molar-refractivity contribution is -0.115. The average molecular weight is 446 g/mol. The van der Waals surface area contributed by atoms with Gasteiger partial charge in [-0.3, -0.25) is 9.10 Å². The summed E-state index contributed by atoms with van der Waals surface area (Å²) in [5, 5.41) is 12.2. The SMILES string of the molecule is CN(c1ccc(CC(=O)Nc2ccc(C3(C#N)CC3)cc2)cc1)S(=O)(=O)c1ccccc1. The first-order valence-corrected chi connectivity index (χ1v) is 11.7. The number of carbonyl (C=O) groups excluding carboxylic acids is 1. The van der Waals surface area contributed by atoms with Gasteiger partial charge in [-0.2, -0.15) is 5.26 Å². The van der Waals surface area contributed by atoms with Crippen molar-refractivity contribution in [3.8, 4) is 6.07 Å². The highest BCUT2D eigenvalue weighted by Crippen LogP contribution is 2.47. The lowest BCUT2D eigenvalue weighted by Gasteiger charge is -2.19. The van der Waals surface area contributed by atoms with Crippen LogP contribution in [0.15, 0.2) is 83.8 Å². The zero-order valence-corrected chi connectivity index (χ0v) is 18.5. The number of nitrogens with zero attached hydrogens (tertiary/aromatic N) is 2. The molecule has 0 aromatic heterocycles. The van der Waals surface area contributed by atoms with Gasteiger partial charge in [0.1, 0.15) is 0 Å². The number of amides is 1. The van der Waals surface area contributed by atoms with E-state index < -0.39 is 10.0 Å². The molecule has 3 aromatic carbocycles. The molecule has 0 saturated heterocycles. The fourth-order valence-corrected chi connectivity index (χ4v) is 4.78. The predicted octanol–water partition coefficient (Wildman–Crippen LogP) is 4.25. The monoisotopic (exact) mass is 445 g/mol. The Bertz CT molecular complexity index is 1260. The summed E-state index contributed by atoms with van der Waals surface area (Å²) in [6.07, 6.45) is 1.93. The van der Waals surface area contributed by atoms with E-state index in [4.69, 9.17) is 0 Å². The summed E-state index contributed by atoms with van der Waals surface area (Å²) >= 11 is 0. The molecule has 0 radical (unpaired) electrons. The van der Waals surface area contributed by atoms with Crippen LogP contribution < -0.4 is 9.62 Å². The van der Waals surface area contributed by atoms with Crippen LogP contribution in [0.3, 0.4) is 0 Å². The van der Waals surface area contributed by atoms with Crippen LogP contribution >= 0.6 is 0 Å². The number of anilines is 2. The molecule has 1 fully saturated rings. The second kappa shape index (κ2) is 8.48. The zero-order chi connectivity index (χ0) is 22.8. The van der Waals surface area contributed by atoms with Crippen molar-refractivity contribution in [3.05, 3.63) is 90.0 Å². The highest BCUT2D eigenvalue weighted by Gasteiger charge is 2.44. The number of rotatable bonds is 7. The molecule has 3 aromatic rings. The van der Waals surface area contributed by atoms with Crippen molar-refractivity contribution in [1.29, 1.82) is 5.26 Å². The van der Waals surface area contributed by atoms with Gasteiger partial charge in [0.05, 0.1) is 28.5 Å². The summed E-state index contributed by atoms with van der Waals surface area (Å²) in [6, 6.07) is 24.9. The third-order valence-corrected chi connectivity index (χ3v) is 7.55. The molecule has 4 rings (SSSR count). The van der Waals surface area contributed by atoms with Crippen LogP contribution in [0.2, 0.25) is 0 Å². The molecule has 0 atom stereocenters. The van der Waals surface area contributed by atoms with E-state index in [0.29, 0.717) is 11.4 Å². The Morgan fingerprint density at radius 3 is 2.19 bits per heavy atom. The van der Waals surface area contributed by atoms with Crippen LogP contribution in [0, 0.1) is 11.3 Å². The van der Waals surface area contributed by atoms with Gasteiger partial charge in [0.2, 0.25) is 5.91 Å². The van der Waals surface area contributed by atoms with Gasteiger partial charge in [-0.15, -0.1) is 0 Å². The van der Waals surface area contributed by atoms with Gasteiger partial charge in [0.25, 0.3) is 10.0 Å². The van der Waals surface area contributed by atoms with E-state index in [2.05, 4.69) is 11.4 Å². The Morgan fingerprint density at radius 1 is 1.00 bits per heavy atom. The molecule has 1 saturated carbocycles. The maximum Gasteiger partial charge on any atom is 0.264 e. The van der Waals surface area contributed by atoms with Crippen molar-refractivity contribution in [1.82, 2.24) is 0 Å². The highest BCUT2D eigenvalue weighted by atomic mass is 32.2. The van der Waals surface area contributed by atoms with Gasteiger partial charge in [-0.25, -0.2) is 8.42 Å². The van der Waals surface area contributed by atoms with E-state index in [-0.39, 0.29) is 22.6 Å². The van der Waals surface area contributed by atoms with E-state index in [1.165, 1.54) is 11.4 Å². The van der Waals surface area contributed by atoms with Crippen LogP contribution in [0.5, 0.6) is 0 Å². The molecule has 0 heterocycles. The van der Waals surface area contributed by atoms with E-state index >= 15 is 0 Å². The smallest absolute Gasteiger partial charge is 0.264 e. The lowest BCUT2D eigenvalue weighted by atomic mass is 9.98. The van der Waals surface area contributed by atoms with Gasteiger partial charge in [0, 0.05) is 12.7 Å². The van der Waals surface area contributed by atoms with Gasteiger partial charge in [-0.1, -0.05) is 42.5 Å². The van der Waals surface area contributed by atoms with Gasteiger partial charge < -0.3 is 5.32 Å². The maximum atomic E-state index is 12.8. The van der Waals surface area contributed by atoms with Crippen LogP contribution in [0.1, 0.15) is 24.0 Å². The third kappa shape index (κ3) is 4.36. The molecule has 0 spiro atoms. The van der Waals surface area contributed by atoms with Crippen LogP contribution in [-0.2, 0) is 26.7 Å². The first kappa shape index (κ1) is 21.6. The molecule has 1 aliphatic rings. The van der Waals surface area contributed by atoms with Crippen molar-refractivity contribution in [3.63, 3.8) is 0 Å². The predicted molar refractivity (Wildman–Crippen MR) is 124 cm³/mol. The summed E-state index contributed by atoms with van der Waals surface area (Å²) in [4.78, 5) is 12.6. The minimum atomic E-state index is -3.65. The summed E-state index contributed by atoms with van der Waals surface area (Å²) in [7, 11) is -2.14.